The van der Waals surface area contributed by atoms with Gasteiger partial charge in [-0.25, -0.2) is 0 Å². The Balaban J connectivity index is 0.00000210. The molecule has 2 aromatic carbocycles. The van der Waals surface area contributed by atoms with E-state index < -0.39 is 5.92 Å². The van der Waals surface area contributed by atoms with Crippen LogP contribution in [0.1, 0.15) is 24.0 Å². The molecule has 2 aliphatic rings. The molecule has 1 saturated heterocycles. The van der Waals surface area contributed by atoms with Crippen molar-refractivity contribution in [2.75, 3.05) is 32.8 Å². The monoisotopic (exact) mass is 389 g/mol. The average Bonchev–Trinajstić information content (AvgIpc) is 2.66. The normalized spacial score (nSPS) is 17.7. The molecular formula is C21H24ClNO4. The third-order valence-corrected chi connectivity index (χ3v) is 4.85. The lowest BCUT2D eigenvalue weighted by atomic mass is 9.88. The molecule has 0 N–H and O–H groups in total. The van der Waals surface area contributed by atoms with E-state index in [0.29, 0.717) is 11.5 Å². The molecule has 1 unspecified atom stereocenters. The molecule has 1 fully saturated rings. The van der Waals surface area contributed by atoms with Crippen LogP contribution < -0.4 is 4.74 Å². The summed E-state index contributed by atoms with van der Waals surface area (Å²) in [6, 6.07) is 15.3. The highest BCUT2D eigenvalue weighted by Gasteiger charge is 2.34. The molecule has 5 nitrogen and oxygen atoms in total. The van der Waals surface area contributed by atoms with Gasteiger partial charge in [0, 0.05) is 30.8 Å². The molecule has 27 heavy (non-hydrogen) atoms. The van der Waals surface area contributed by atoms with Gasteiger partial charge in [0.2, 0.25) is 0 Å². The third-order valence-electron chi connectivity index (χ3n) is 4.85. The third kappa shape index (κ3) is 4.26. The fourth-order valence-electron chi connectivity index (χ4n) is 3.61. The molecule has 2 aromatic rings. The van der Waals surface area contributed by atoms with E-state index in [1.54, 1.807) is 0 Å². The highest BCUT2D eigenvalue weighted by Crippen LogP contribution is 2.44. The van der Waals surface area contributed by atoms with Crippen LogP contribution in [0.15, 0.2) is 48.5 Å². The van der Waals surface area contributed by atoms with Gasteiger partial charge in [-0.3, -0.25) is 9.69 Å². The lowest BCUT2D eigenvalue weighted by Gasteiger charge is -2.31. The molecule has 0 bridgehead atoms. The number of carbonyl (C=O) groups excluding carboxylic acids is 1. The average molecular weight is 390 g/mol. The summed E-state index contributed by atoms with van der Waals surface area (Å²) in [4.78, 5) is 15.3. The minimum atomic E-state index is -0.455. The number of fused-ring (bicyclic) bond motifs is 2. The highest BCUT2D eigenvalue weighted by atomic mass is 35.5. The van der Waals surface area contributed by atoms with E-state index >= 15 is 0 Å². The van der Waals surface area contributed by atoms with E-state index in [4.69, 9.17) is 14.2 Å². The van der Waals surface area contributed by atoms with E-state index in [1.165, 1.54) is 0 Å². The zero-order valence-corrected chi connectivity index (χ0v) is 16.1. The van der Waals surface area contributed by atoms with Gasteiger partial charge < -0.3 is 14.2 Å². The summed E-state index contributed by atoms with van der Waals surface area (Å²) in [5, 5.41) is 0. The number of hydrogen-bond acceptors (Lipinski definition) is 5. The van der Waals surface area contributed by atoms with Crippen LogP contribution >= 0.6 is 12.4 Å². The quantitative estimate of drug-likeness (QED) is 0.747. The SMILES string of the molecule is CC(CN1CCOCC1)OC(=O)C1c2ccccc2Oc2ccccc21.Cl. The van der Waals surface area contributed by atoms with Crippen LogP contribution in [0.25, 0.3) is 0 Å². The van der Waals surface area contributed by atoms with Gasteiger partial charge in [-0.1, -0.05) is 36.4 Å². The summed E-state index contributed by atoms with van der Waals surface area (Å²) in [7, 11) is 0. The molecule has 2 aliphatic heterocycles. The fourth-order valence-corrected chi connectivity index (χ4v) is 3.61. The van der Waals surface area contributed by atoms with Gasteiger partial charge in [-0.15, -0.1) is 12.4 Å². The lowest BCUT2D eigenvalue weighted by Crippen LogP contribution is -2.41. The molecule has 0 radical (unpaired) electrons. The number of halogens is 1. The number of rotatable bonds is 4. The summed E-state index contributed by atoms with van der Waals surface area (Å²) in [6.07, 6.45) is -0.178. The molecule has 0 spiro atoms. The summed E-state index contributed by atoms with van der Waals surface area (Å²) in [6.45, 7) is 5.91. The van der Waals surface area contributed by atoms with E-state index in [1.807, 2.05) is 55.5 Å². The Bertz CT molecular complexity index is 746. The molecule has 4 rings (SSSR count). The molecule has 144 valence electrons. The van der Waals surface area contributed by atoms with Gasteiger partial charge >= 0.3 is 5.97 Å². The number of ether oxygens (including phenoxy) is 3. The number of morpholine rings is 1. The van der Waals surface area contributed by atoms with Gasteiger partial charge in [-0.2, -0.15) is 0 Å². The van der Waals surface area contributed by atoms with Crippen LogP contribution in [0.2, 0.25) is 0 Å². The zero-order valence-electron chi connectivity index (χ0n) is 15.3. The van der Waals surface area contributed by atoms with E-state index in [-0.39, 0.29) is 24.5 Å². The van der Waals surface area contributed by atoms with Gasteiger partial charge in [0.15, 0.2) is 0 Å². The first kappa shape index (κ1) is 19.7. The van der Waals surface area contributed by atoms with Crippen molar-refractivity contribution in [3.63, 3.8) is 0 Å². The number of para-hydroxylation sites is 2. The fraction of sp³-hybridized carbons (Fsp3) is 0.381. The van der Waals surface area contributed by atoms with E-state index in [9.17, 15) is 4.79 Å². The molecule has 0 amide bonds. The largest absolute Gasteiger partial charge is 0.461 e. The number of carbonyl (C=O) groups is 1. The van der Waals surface area contributed by atoms with Crippen molar-refractivity contribution in [1.29, 1.82) is 0 Å². The zero-order chi connectivity index (χ0) is 17.9. The van der Waals surface area contributed by atoms with E-state index in [2.05, 4.69) is 4.90 Å². The topological polar surface area (TPSA) is 48.0 Å². The first-order chi connectivity index (χ1) is 12.7. The first-order valence-corrected chi connectivity index (χ1v) is 9.08. The maximum Gasteiger partial charge on any atom is 0.318 e. The molecule has 0 aliphatic carbocycles. The molecule has 0 aromatic heterocycles. The van der Waals surface area contributed by atoms with Crippen LogP contribution in [-0.2, 0) is 14.3 Å². The van der Waals surface area contributed by atoms with Gasteiger partial charge in [0.1, 0.15) is 23.5 Å². The number of nitrogens with zero attached hydrogens (tertiary/aromatic N) is 1. The minimum Gasteiger partial charge on any atom is -0.461 e. The minimum absolute atomic E-state index is 0. The lowest BCUT2D eigenvalue weighted by molar-refractivity contribution is -0.150. The van der Waals surface area contributed by atoms with Crippen molar-refractivity contribution in [3.05, 3.63) is 59.7 Å². The van der Waals surface area contributed by atoms with Crippen molar-refractivity contribution in [2.24, 2.45) is 0 Å². The molecule has 6 heteroatoms. The second kappa shape index (κ2) is 8.74. The van der Waals surface area contributed by atoms with Gasteiger partial charge in [0.05, 0.1) is 13.2 Å². The second-order valence-corrected chi connectivity index (χ2v) is 6.77. The van der Waals surface area contributed by atoms with E-state index in [0.717, 1.165) is 44.0 Å². The predicted molar refractivity (Wildman–Crippen MR) is 105 cm³/mol. The maximum absolute atomic E-state index is 13.1. The van der Waals surface area contributed by atoms with Crippen LogP contribution in [0.3, 0.4) is 0 Å². The number of esters is 1. The van der Waals surface area contributed by atoms with Gasteiger partial charge in [0.25, 0.3) is 0 Å². The summed E-state index contributed by atoms with van der Waals surface area (Å²) in [5.74, 6) is 0.750. The van der Waals surface area contributed by atoms with Gasteiger partial charge in [-0.05, 0) is 19.1 Å². The summed E-state index contributed by atoms with van der Waals surface area (Å²) >= 11 is 0. The first-order valence-electron chi connectivity index (χ1n) is 9.08. The van der Waals surface area contributed by atoms with Crippen molar-refractivity contribution >= 4 is 18.4 Å². The second-order valence-electron chi connectivity index (χ2n) is 6.77. The van der Waals surface area contributed by atoms with Crippen molar-refractivity contribution in [3.8, 4) is 11.5 Å². The Morgan fingerprint density at radius 1 is 1.07 bits per heavy atom. The predicted octanol–water partition coefficient (Wildman–Crippen LogP) is 3.61. The smallest absolute Gasteiger partial charge is 0.318 e. The Hall–Kier alpha value is -2.08. The van der Waals surface area contributed by atoms with Crippen LogP contribution in [0.5, 0.6) is 11.5 Å². The maximum atomic E-state index is 13.1. The van der Waals surface area contributed by atoms with Crippen molar-refractivity contribution < 1.29 is 19.0 Å². The molecular weight excluding hydrogens is 366 g/mol. The molecule has 0 saturated carbocycles. The number of hydrogen-bond donors (Lipinski definition) is 0. The van der Waals surface area contributed by atoms with Crippen LogP contribution in [0, 0.1) is 0 Å². The Labute approximate surface area is 165 Å². The standard InChI is InChI=1S/C21H23NO4.ClH/c1-15(14-22-10-12-24-13-11-22)25-21(23)20-16-6-2-4-8-18(16)26-19-9-5-3-7-17(19)20;/h2-9,15,20H,10-14H2,1H3;1H. The summed E-state index contributed by atoms with van der Waals surface area (Å²) in [5.41, 5.74) is 1.71. The Morgan fingerprint density at radius 2 is 1.63 bits per heavy atom. The van der Waals surface area contributed by atoms with Crippen LogP contribution in [0.4, 0.5) is 0 Å². The molecule has 2 heterocycles. The van der Waals surface area contributed by atoms with Crippen molar-refractivity contribution in [1.82, 2.24) is 4.90 Å². The van der Waals surface area contributed by atoms with Crippen molar-refractivity contribution in [2.45, 2.75) is 18.9 Å². The highest BCUT2D eigenvalue weighted by molar-refractivity contribution is 5.86. The summed E-state index contributed by atoms with van der Waals surface area (Å²) < 4.78 is 17.2. The molecule has 1 atom stereocenters. The number of benzene rings is 2. The Morgan fingerprint density at radius 3 is 2.22 bits per heavy atom. The Kier molecular flexibility index (Phi) is 6.37. The van der Waals surface area contributed by atoms with Crippen LogP contribution in [-0.4, -0.2) is 49.8 Å².